The summed E-state index contributed by atoms with van der Waals surface area (Å²) >= 11 is 0. The minimum Gasteiger partial charge on any atom is -0.445 e. The molecule has 0 saturated carbocycles. The molecule has 1 atom stereocenters. The fourth-order valence-electron chi connectivity index (χ4n) is 2.50. The fraction of sp³-hybridized carbons (Fsp3) is 0.533. The summed E-state index contributed by atoms with van der Waals surface area (Å²) in [5, 5.41) is 9.50. The number of ether oxygens (including phenoxy) is 2. The zero-order chi connectivity index (χ0) is 14.4. The molecule has 1 amide bonds. The molecule has 1 aromatic carbocycles. The summed E-state index contributed by atoms with van der Waals surface area (Å²) in [6.45, 7) is 1.81. The van der Waals surface area contributed by atoms with E-state index in [0.717, 1.165) is 12.0 Å². The average molecular weight is 279 g/mol. The van der Waals surface area contributed by atoms with Crippen LogP contribution in [0.25, 0.3) is 0 Å². The van der Waals surface area contributed by atoms with Crippen LogP contribution in [0.2, 0.25) is 0 Å². The lowest BCUT2D eigenvalue weighted by Crippen LogP contribution is -2.37. The van der Waals surface area contributed by atoms with Crippen molar-refractivity contribution >= 4 is 6.09 Å². The molecule has 0 aliphatic carbocycles. The summed E-state index contributed by atoms with van der Waals surface area (Å²) in [6.07, 6.45) is 0.401. The van der Waals surface area contributed by atoms with Crippen LogP contribution in [0, 0.1) is 5.41 Å². The van der Waals surface area contributed by atoms with Gasteiger partial charge in [-0.3, -0.25) is 0 Å². The maximum atomic E-state index is 12.0. The lowest BCUT2D eigenvalue weighted by Gasteiger charge is -2.25. The predicted octanol–water partition coefficient (Wildman–Crippen LogP) is 1.65. The first-order valence-corrected chi connectivity index (χ1v) is 6.74. The largest absolute Gasteiger partial charge is 0.445 e. The number of aliphatic hydroxyl groups is 1. The molecular weight excluding hydrogens is 258 g/mol. The Morgan fingerprint density at radius 3 is 2.80 bits per heavy atom. The molecule has 0 spiro atoms. The van der Waals surface area contributed by atoms with E-state index in [1.807, 2.05) is 30.3 Å². The lowest BCUT2D eigenvalue weighted by molar-refractivity contribution is 0.0332. The highest BCUT2D eigenvalue weighted by Crippen LogP contribution is 2.30. The monoisotopic (exact) mass is 279 g/mol. The van der Waals surface area contributed by atoms with Crippen LogP contribution in [-0.4, -0.2) is 49.5 Å². The third-order valence-electron chi connectivity index (χ3n) is 3.69. The van der Waals surface area contributed by atoms with Gasteiger partial charge < -0.3 is 19.5 Å². The van der Waals surface area contributed by atoms with Crippen molar-refractivity contribution in [3.8, 4) is 0 Å². The van der Waals surface area contributed by atoms with E-state index in [9.17, 15) is 9.90 Å². The second kappa shape index (κ2) is 6.72. The first-order chi connectivity index (χ1) is 9.69. The molecule has 5 nitrogen and oxygen atoms in total. The molecule has 0 aromatic heterocycles. The Morgan fingerprint density at radius 2 is 2.15 bits per heavy atom. The van der Waals surface area contributed by atoms with E-state index >= 15 is 0 Å². The van der Waals surface area contributed by atoms with Crippen molar-refractivity contribution in [3.05, 3.63) is 35.9 Å². The zero-order valence-corrected chi connectivity index (χ0v) is 11.7. The van der Waals surface area contributed by atoms with Gasteiger partial charge in [0.15, 0.2) is 0 Å². The first kappa shape index (κ1) is 14.8. The summed E-state index contributed by atoms with van der Waals surface area (Å²) in [5.74, 6) is 0. The van der Waals surface area contributed by atoms with Crippen LogP contribution in [0.4, 0.5) is 4.79 Å². The maximum absolute atomic E-state index is 12.0. The molecule has 5 heteroatoms. The van der Waals surface area contributed by atoms with Crippen molar-refractivity contribution in [1.82, 2.24) is 4.90 Å². The molecule has 0 radical (unpaired) electrons. The van der Waals surface area contributed by atoms with Gasteiger partial charge in [0, 0.05) is 25.6 Å². The number of aliphatic hydroxyl groups excluding tert-OH is 1. The van der Waals surface area contributed by atoms with E-state index in [1.165, 1.54) is 0 Å². The van der Waals surface area contributed by atoms with E-state index in [0.29, 0.717) is 19.7 Å². The number of methoxy groups -OCH3 is 1. The second-order valence-electron chi connectivity index (χ2n) is 5.30. The Bertz CT molecular complexity index is 437. The number of amides is 1. The van der Waals surface area contributed by atoms with Crippen molar-refractivity contribution in [3.63, 3.8) is 0 Å². The number of benzene rings is 1. The van der Waals surface area contributed by atoms with Crippen molar-refractivity contribution in [1.29, 1.82) is 0 Å². The Hall–Kier alpha value is -1.59. The molecule has 1 N–H and O–H groups in total. The summed E-state index contributed by atoms with van der Waals surface area (Å²) in [6, 6.07) is 9.58. The molecule has 1 aliphatic rings. The van der Waals surface area contributed by atoms with Gasteiger partial charge in [0.05, 0.1) is 13.2 Å². The number of likely N-dealkylation sites (tertiary alicyclic amines) is 1. The normalized spacial score (nSPS) is 22.0. The number of nitrogens with zero attached hydrogens (tertiary/aromatic N) is 1. The lowest BCUT2D eigenvalue weighted by atomic mass is 9.89. The van der Waals surface area contributed by atoms with E-state index < -0.39 is 0 Å². The van der Waals surface area contributed by atoms with Gasteiger partial charge in [0.25, 0.3) is 0 Å². The van der Waals surface area contributed by atoms with E-state index in [4.69, 9.17) is 9.47 Å². The van der Waals surface area contributed by atoms with Gasteiger partial charge in [-0.25, -0.2) is 4.79 Å². The Kier molecular flexibility index (Phi) is 4.98. The predicted molar refractivity (Wildman–Crippen MR) is 74.2 cm³/mol. The molecule has 1 aromatic rings. The van der Waals surface area contributed by atoms with Gasteiger partial charge in [-0.2, -0.15) is 0 Å². The van der Waals surface area contributed by atoms with Crippen LogP contribution in [0.5, 0.6) is 0 Å². The Labute approximate surface area is 119 Å². The average Bonchev–Trinajstić information content (AvgIpc) is 2.91. The maximum Gasteiger partial charge on any atom is 0.410 e. The summed E-state index contributed by atoms with van der Waals surface area (Å²) < 4.78 is 10.4. The van der Waals surface area contributed by atoms with Gasteiger partial charge in [0.1, 0.15) is 6.61 Å². The third kappa shape index (κ3) is 3.49. The van der Waals surface area contributed by atoms with Crippen LogP contribution in [0.15, 0.2) is 30.3 Å². The number of hydrogen-bond acceptors (Lipinski definition) is 4. The van der Waals surface area contributed by atoms with E-state index in [2.05, 4.69) is 0 Å². The smallest absolute Gasteiger partial charge is 0.410 e. The van der Waals surface area contributed by atoms with Crippen LogP contribution in [0.1, 0.15) is 12.0 Å². The van der Waals surface area contributed by atoms with Gasteiger partial charge in [-0.1, -0.05) is 30.3 Å². The number of carbonyl (C=O) groups excluding carboxylic acids is 1. The molecule has 1 saturated heterocycles. The third-order valence-corrected chi connectivity index (χ3v) is 3.69. The zero-order valence-electron chi connectivity index (χ0n) is 11.7. The summed E-state index contributed by atoms with van der Waals surface area (Å²) in [4.78, 5) is 13.6. The van der Waals surface area contributed by atoms with Crippen molar-refractivity contribution in [2.75, 3.05) is 33.4 Å². The van der Waals surface area contributed by atoms with Gasteiger partial charge in [0.2, 0.25) is 0 Å². The fourth-order valence-corrected chi connectivity index (χ4v) is 2.50. The first-order valence-electron chi connectivity index (χ1n) is 6.74. The van der Waals surface area contributed by atoms with Crippen molar-refractivity contribution in [2.24, 2.45) is 5.41 Å². The highest BCUT2D eigenvalue weighted by atomic mass is 16.6. The molecule has 0 bridgehead atoms. The molecule has 1 fully saturated rings. The Morgan fingerprint density at radius 1 is 1.40 bits per heavy atom. The van der Waals surface area contributed by atoms with Gasteiger partial charge in [-0.15, -0.1) is 0 Å². The molecule has 1 aliphatic heterocycles. The van der Waals surface area contributed by atoms with Gasteiger partial charge in [-0.05, 0) is 12.0 Å². The minimum absolute atomic E-state index is 0.0172. The van der Waals surface area contributed by atoms with Crippen molar-refractivity contribution in [2.45, 2.75) is 13.0 Å². The standard InChI is InChI=1S/C15H21NO4/c1-19-12-15(11-17)7-8-16(10-15)14(18)20-9-13-5-3-2-4-6-13/h2-6,17H,7-12H2,1H3. The number of rotatable bonds is 5. The summed E-state index contributed by atoms with van der Waals surface area (Å²) in [7, 11) is 1.60. The number of carbonyl (C=O) groups is 1. The molecule has 20 heavy (non-hydrogen) atoms. The topological polar surface area (TPSA) is 59.0 Å². The SMILES string of the molecule is COCC1(CO)CCN(C(=O)OCc2ccccc2)C1. The molecule has 110 valence electrons. The van der Waals surface area contributed by atoms with Crippen LogP contribution < -0.4 is 0 Å². The minimum atomic E-state index is -0.347. The van der Waals surface area contributed by atoms with Crippen LogP contribution in [0.3, 0.4) is 0 Å². The second-order valence-corrected chi connectivity index (χ2v) is 5.30. The molecule has 1 heterocycles. The van der Waals surface area contributed by atoms with E-state index in [1.54, 1.807) is 12.0 Å². The van der Waals surface area contributed by atoms with Crippen LogP contribution >= 0.6 is 0 Å². The quantitative estimate of drug-likeness (QED) is 0.890. The van der Waals surface area contributed by atoms with Crippen molar-refractivity contribution < 1.29 is 19.4 Å². The van der Waals surface area contributed by atoms with E-state index in [-0.39, 0.29) is 24.7 Å². The van der Waals surface area contributed by atoms with Crippen LogP contribution in [-0.2, 0) is 16.1 Å². The number of hydrogen-bond donors (Lipinski definition) is 1. The molecule has 2 rings (SSSR count). The Balaban J connectivity index is 1.85. The summed E-state index contributed by atoms with van der Waals surface area (Å²) in [5.41, 5.74) is 0.617. The highest BCUT2D eigenvalue weighted by molar-refractivity contribution is 5.68. The molecule has 1 unspecified atom stereocenters. The van der Waals surface area contributed by atoms with Gasteiger partial charge >= 0.3 is 6.09 Å². The molecular formula is C15H21NO4. The highest BCUT2D eigenvalue weighted by Gasteiger charge is 2.40.